The minimum absolute atomic E-state index is 0. The molecule has 0 bridgehead atoms. The minimum Gasteiger partial charge on any atom is -0.484 e. The number of guanidine groups is 1. The van der Waals surface area contributed by atoms with Gasteiger partial charge in [0.15, 0.2) is 12.6 Å². The average molecular weight is 544 g/mol. The first-order chi connectivity index (χ1) is 14.5. The van der Waals surface area contributed by atoms with Crippen molar-refractivity contribution in [2.24, 2.45) is 16.8 Å². The number of hydrogen-bond acceptors (Lipinski definition) is 5. The molecular formula is C22H33IN4O4. The van der Waals surface area contributed by atoms with E-state index in [1.807, 2.05) is 24.3 Å². The lowest BCUT2D eigenvalue weighted by Gasteiger charge is -2.21. The van der Waals surface area contributed by atoms with Crippen LogP contribution in [0.25, 0.3) is 0 Å². The van der Waals surface area contributed by atoms with E-state index in [-0.39, 0.29) is 54.3 Å². The van der Waals surface area contributed by atoms with Gasteiger partial charge < -0.3 is 25.0 Å². The highest BCUT2D eigenvalue weighted by atomic mass is 127. The minimum atomic E-state index is -0.159. The lowest BCUT2D eigenvalue weighted by atomic mass is 9.99. The van der Waals surface area contributed by atoms with Gasteiger partial charge in [-0.05, 0) is 42.9 Å². The summed E-state index contributed by atoms with van der Waals surface area (Å²) in [5, 5.41) is 6.28. The molecule has 0 aromatic heterocycles. The number of carbonyl (C=O) groups is 2. The van der Waals surface area contributed by atoms with E-state index in [1.54, 1.807) is 7.05 Å². The number of nitrogens with one attached hydrogen (secondary N) is 2. The maximum Gasteiger partial charge on any atom is 0.310 e. The summed E-state index contributed by atoms with van der Waals surface area (Å²) >= 11 is 0. The lowest BCUT2D eigenvalue weighted by Crippen LogP contribution is -2.41. The second kappa shape index (κ2) is 12.1. The van der Waals surface area contributed by atoms with Gasteiger partial charge >= 0.3 is 5.97 Å². The third-order valence-corrected chi connectivity index (χ3v) is 5.56. The van der Waals surface area contributed by atoms with Gasteiger partial charge in [0.2, 0.25) is 0 Å². The topological polar surface area (TPSA) is 92.3 Å². The lowest BCUT2D eigenvalue weighted by molar-refractivity contribution is -0.146. The zero-order chi connectivity index (χ0) is 21.5. The Bertz CT molecular complexity index is 767. The summed E-state index contributed by atoms with van der Waals surface area (Å²) in [6.07, 6.45) is 2.97. The van der Waals surface area contributed by atoms with Crippen LogP contribution in [0, 0.1) is 11.8 Å². The molecule has 2 aliphatic rings. The number of esters is 1. The Kier molecular flexibility index (Phi) is 9.86. The van der Waals surface area contributed by atoms with Crippen molar-refractivity contribution in [1.82, 2.24) is 15.5 Å². The standard InChI is InChI=1S/C22H32N4O4.HI/c1-15-12-26(13-19(15)21(28)29-3)22(23-2)24-11-10-16-4-8-18(9-5-16)30-14-20(27)25-17-6-7-17;/h4-5,8-9,15,17,19H,6-7,10-14H2,1-3H3,(H,23,24)(H,25,27);1H. The maximum absolute atomic E-state index is 11.9. The first kappa shape index (κ1) is 25.2. The normalized spacial score (nSPS) is 20.6. The van der Waals surface area contributed by atoms with Crippen LogP contribution in [-0.4, -0.2) is 69.2 Å². The number of amides is 1. The molecule has 1 aliphatic heterocycles. The van der Waals surface area contributed by atoms with Crippen LogP contribution in [0.4, 0.5) is 0 Å². The van der Waals surface area contributed by atoms with Crippen molar-refractivity contribution in [1.29, 1.82) is 0 Å². The molecule has 8 nitrogen and oxygen atoms in total. The van der Waals surface area contributed by atoms with Crippen molar-refractivity contribution in [3.63, 3.8) is 0 Å². The van der Waals surface area contributed by atoms with E-state index >= 15 is 0 Å². The van der Waals surface area contributed by atoms with Gasteiger partial charge in [-0.1, -0.05) is 19.1 Å². The molecule has 31 heavy (non-hydrogen) atoms. The molecule has 9 heteroatoms. The zero-order valence-corrected chi connectivity index (χ0v) is 20.8. The van der Waals surface area contributed by atoms with Gasteiger partial charge in [0.05, 0.1) is 13.0 Å². The predicted octanol–water partition coefficient (Wildman–Crippen LogP) is 1.82. The third kappa shape index (κ3) is 7.55. The van der Waals surface area contributed by atoms with E-state index in [1.165, 1.54) is 7.11 Å². The Hall–Kier alpha value is -2.04. The molecular weight excluding hydrogens is 511 g/mol. The maximum atomic E-state index is 11.9. The Labute approximate surface area is 201 Å². The number of benzene rings is 1. The van der Waals surface area contributed by atoms with Crippen LogP contribution in [0.5, 0.6) is 5.75 Å². The largest absolute Gasteiger partial charge is 0.484 e. The fourth-order valence-electron chi connectivity index (χ4n) is 3.65. The van der Waals surface area contributed by atoms with Crippen molar-refractivity contribution in [3.05, 3.63) is 29.8 Å². The first-order valence-corrected chi connectivity index (χ1v) is 10.5. The summed E-state index contributed by atoms with van der Waals surface area (Å²) in [5.41, 5.74) is 1.16. The van der Waals surface area contributed by atoms with Gasteiger partial charge in [-0.2, -0.15) is 0 Å². The van der Waals surface area contributed by atoms with E-state index in [0.717, 1.165) is 43.9 Å². The second-order valence-corrected chi connectivity index (χ2v) is 8.01. The number of nitrogens with zero attached hydrogens (tertiary/aromatic N) is 2. The van der Waals surface area contributed by atoms with Crippen LogP contribution < -0.4 is 15.4 Å². The second-order valence-electron chi connectivity index (χ2n) is 8.01. The molecule has 1 saturated carbocycles. The summed E-state index contributed by atoms with van der Waals surface area (Å²) in [6, 6.07) is 8.13. The van der Waals surface area contributed by atoms with E-state index < -0.39 is 0 Å². The molecule has 1 heterocycles. The van der Waals surface area contributed by atoms with Gasteiger partial charge in [0.1, 0.15) is 5.75 Å². The summed E-state index contributed by atoms with van der Waals surface area (Å²) < 4.78 is 10.4. The van der Waals surface area contributed by atoms with E-state index in [0.29, 0.717) is 18.3 Å². The van der Waals surface area contributed by atoms with Gasteiger partial charge in [-0.3, -0.25) is 14.6 Å². The van der Waals surface area contributed by atoms with Crippen LogP contribution in [0.1, 0.15) is 25.3 Å². The first-order valence-electron chi connectivity index (χ1n) is 10.5. The summed E-state index contributed by atoms with van der Waals surface area (Å²) in [5.74, 6) is 1.38. The Morgan fingerprint density at radius 3 is 2.52 bits per heavy atom. The van der Waals surface area contributed by atoms with Crippen molar-refractivity contribution in [3.8, 4) is 5.75 Å². The summed E-state index contributed by atoms with van der Waals surface area (Å²) in [7, 11) is 3.19. The number of carbonyl (C=O) groups excluding carboxylic acids is 2. The number of likely N-dealkylation sites (tertiary alicyclic amines) is 1. The van der Waals surface area contributed by atoms with Gasteiger partial charge in [-0.25, -0.2) is 0 Å². The molecule has 1 aromatic carbocycles. The van der Waals surface area contributed by atoms with Crippen molar-refractivity contribution in [2.75, 3.05) is 40.4 Å². The molecule has 172 valence electrons. The van der Waals surface area contributed by atoms with Gasteiger partial charge in [0.25, 0.3) is 5.91 Å². The molecule has 1 saturated heterocycles. The van der Waals surface area contributed by atoms with Crippen molar-refractivity contribution < 1.29 is 19.1 Å². The highest BCUT2D eigenvalue weighted by molar-refractivity contribution is 14.0. The summed E-state index contributed by atoms with van der Waals surface area (Å²) in [4.78, 5) is 30.0. The van der Waals surface area contributed by atoms with Crippen LogP contribution in [-0.2, 0) is 20.7 Å². The molecule has 0 radical (unpaired) electrons. The highest BCUT2D eigenvalue weighted by Crippen LogP contribution is 2.24. The van der Waals surface area contributed by atoms with Crippen molar-refractivity contribution >= 4 is 41.8 Å². The summed E-state index contributed by atoms with van der Waals surface area (Å²) in [6.45, 7) is 4.24. The predicted molar refractivity (Wildman–Crippen MR) is 130 cm³/mol. The number of rotatable bonds is 8. The molecule has 2 unspecified atom stereocenters. The Balaban J connectivity index is 0.00000341. The zero-order valence-electron chi connectivity index (χ0n) is 18.4. The molecule has 1 aromatic rings. The van der Waals surface area contributed by atoms with E-state index in [2.05, 4.69) is 27.4 Å². The smallest absolute Gasteiger partial charge is 0.310 e. The van der Waals surface area contributed by atoms with Crippen LogP contribution in [0.15, 0.2) is 29.3 Å². The molecule has 1 aliphatic carbocycles. The third-order valence-electron chi connectivity index (χ3n) is 5.56. The van der Waals surface area contributed by atoms with Crippen LogP contribution >= 0.6 is 24.0 Å². The molecule has 2 N–H and O–H groups in total. The molecule has 2 atom stereocenters. The van der Waals surface area contributed by atoms with Gasteiger partial charge in [-0.15, -0.1) is 24.0 Å². The van der Waals surface area contributed by atoms with Crippen LogP contribution in [0.3, 0.4) is 0 Å². The monoisotopic (exact) mass is 544 g/mol. The number of halogens is 1. The number of ether oxygens (including phenoxy) is 2. The molecule has 0 spiro atoms. The quantitative estimate of drug-likeness (QED) is 0.225. The number of aliphatic imine (C=N–C) groups is 1. The molecule has 1 amide bonds. The highest BCUT2D eigenvalue weighted by Gasteiger charge is 2.36. The number of hydrogen-bond donors (Lipinski definition) is 2. The number of methoxy groups -OCH3 is 1. The fraction of sp³-hybridized carbons (Fsp3) is 0.591. The Morgan fingerprint density at radius 2 is 1.90 bits per heavy atom. The molecule has 2 fully saturated rings. The van der Waals surface area contributed by atoms with Gasteiger partial charge in [0, 0.05) is 32.7 Å². The fourth-order valence-corrected chi connectivity index (χ4v) is 3.65. The SMILES string of the molecule is CN=C(NCCc1ccc(OCC(=O)NC2CC2)cc1)N1CC(C)C(C(=O)OC)C1.I. The van der Waals surface area contributed by atoms with Crippen LogP contribution in [0.2, 0.25) is 0 Å². The average Bonchev–Trinajstić information content (AvgIpc) is 3.48. The Morgan fingerprint density at radius 1 is 1.19 bits per heavy atom. The molecule has 3 rings (SSSR count). The van der Waals surface area contributed by atoms with Crippen molar-refractivity contribution in [2.45, 2.75) is 32.2 Å². The van der Waals surface area contributed by atoms with E-state index in [9.17, 15) is 9.59 Å². The van der Waals surface area contributed by atoms with E-state index in [4.69, 9.17) is 9.47 Å².